The molecule has 1 N–H and O–H groups in total. The van der Waals surface area contributed by atoms with E-state index in [1.165, 1.54) is 18.2 Å². The zero-order valence-electron chi connectivity index (χ0n) is 10.3. The average molecular weight is 293 g/mol. The normalized spacial score (nSPS) is 10.2. The lowest BCUT2D eigenvalue weighted by molar-refractivity contribution is -0.386. The van der Waals surface area contributed by atoms with Gasteiger partial charge in [0.15, 0.2) is 5.75 Å². The van der Waals surface area contributed by atoms with Crippen LogP contribution in [0.5, 0.6) is 5.75 Å². The molecule has 0 spiro atoms. The first-order chi connectivity index (χ1) is 9.59. The topological polar surface area (TPSA) is 89.7 Å². The number of rotatable bonds is 6. The van der Waals surface area contributed by atoms with Gasteiger partial charge in [-0.15, -0.1) is 11.3 Å². The highest BCUT2D eigenvalue weighted by atomic mass is 32.1. The summed E-state index contributed by atoms with van der Waals surface area (Å²) in [5.74, 6) is -1.37. The molecular weight excluding hydrogens is 282 g/mol. The Balaban J connectivity index is 2.16. The second kappa shape index (κ2) is 6.16. The van der Waals surface area contributed by atoms with Crippen LogP contribution in [-0.4, -0.2) is 22.6 Å². The predicted molar refractivity (Wildman–Crippen MR) is 73.6 cm³/mol. The van der Waals surface area contributed by atoms with Gasteiger partial charge in [-0.25, -0.2) is 4.79 Å². The van der Waals surface area contributed by atoms with Crippen LogP contribution < -0.4 is 4.74 Å². The molecule has 7 heteroatoms. The first kappa shape index (κ1) is 14.0. The highest BCUT2D eigenvalue weighted by Gasteiger charge is 2.25. The van der Waals surface area contributed by atoms with Crippen molar-refractivity contribution < 1.29 is 19.6 Å². The Bertz CT molecular complexity index is 624. The number of ether oxygens (including phenoxy) is 1. The van der Waals surface area contributed by atoms with Crippen molar-refractivity contribution in [1.82, 2.24) is 0 Å². The molecule has 1 aromatic carbocycles. The van der Waals surface area contributed by atoms with Crippen molar-refractivity contribution >= 4 is 23.0 Å². The van der Waals surface area contributed by atoms with Crippen molar-refractivity contribution in [2.45, 2.75) is 6.42 Å². The van der Waals surface area contributed by atoms with Crippen LogP contribution in [-0.2, 0) is 6.42 Å². The molecule has 0 saturated carbocycles. The van der Waals surface area contributed by atoms with Crippen molar-refractivity contribution in [3.05, 3.63) is 56.3 Å². The molecule has 1 aromatic heterocycles. The summed E-state index contributed by atoms with van der Waals surface area (Å²) in [5, 5.41) is 21.9. The number of carboxylic acids is 1. The minimum atomic E-state index is -1.35. The number of thiophene rings is 1. The number of nitro groups is 1. The highest BCUT2D eigenvalue weighted by Crippen LogP contribution is 2.31. The lowest BCUT2D eigenvalue weighted by atomic mass is 10.1. The van der Waals surface area contributed by atoms with E-state index in [0.717, 1.165) is 4.88 Å². The van der Waals surface area contributed by atoms with E-state index in [1.54, 1.807) is 11.3 Å². The molecule has 0 bridgehead atoms. The summed E-state index contributed by atoms with van der Waals surface area (Å²) in [6.45, 7) is 0.254. The summed E-state index contributed by atoms with van der Waals surface area (Å²) in [4.78, 5) is 22.4. The van der Waals surface area contributed by atoms with E-state index in [4.69, 9.17) is 9.84 Å². The lowest BCUT2D eigenvalue weighted by Gasteiger charge is -2.07. The molecule has 0 aliphatic carbocycles. The van der Waals surface area contributed by atoms with Gasteiger partial charge in [0, 0.05) is 11.3 Å². The maximum Gasteiger partial charge on any atom is 0.342 e. The average Bonchev–Trinajstić information content (AvgIpc) is 2.91. The van der Waals surface area contributed by atoms with Gasteiger partial charge >= 0.3 is 11.7 Å². The molecule has 6 nitrogen and oxygen atoms in total. The number of carboxylic acid groups (broad SMARTS) is 1. The number of hydrogen-bond acceptors (Lipinski definition) is 5. The summed E-state index contributed by atoms with van der Waals surface area (Å²) in [6.07, 6.45) is 0.617. The zero-order valence-corrected chi connectivity index (χ0v) is 11.1. The van der Waals surface area contributed by atoms with Crippen LogP contribution in [0.3, 0.4) is 0 Å². The van der Waals surface area contributed by atoms with Crippen LogP contribution in [0.2, 0.25) is 0 Å². The van der Waals surface area contributed by atoms with E-state index in [2.05, 4.69) is 0 Å². The number of para-hydroxylation sites is 1. The van der Waals surface area contributed by atoms with Crippen LogP contribution in [0.4, 0.5) is 5.69 Å². The fourth-order valence-electron chi connectivity index (χ4n) is 1.72. The molecule has 0 aliphatic heterocycles. The third-order valence-corrected chi connectivity index (χ3v) is 3.53. The van der Waals surface area contributed by atoms with E-state index in [-0.39, 0.29) is 17.9 Å². The van der Waals surface area contributed by atoms with Gasteiger partial charge in [-0.05, 0) is 23.6 Å². The molecule has 0 atom stereocenters. The van der Waals surface area contributed by atoms with Gasteiger partial charge in [0.1, 0.15) is 5.56 Å². The van der Waals surface area contributed by atoms with Crippen molar-refractivity contribution in [3.8, 4) is 5.75 Å². The zero-order chi connectivity index (χ0) is 14.5. The first-order valence-corrected chi connectivity index (χ1v) is 6.63. The molecule has 0 saturated heterocycles. The summed E-state index contributed by atoms with van der Waals surface area (Å²) < 4.78 is 5.36. The van der Waals surface area contributed by atoms with E-state index in [9.17, 15) is 14.9 Å². The van der Waals surface area contributed by atoms with Gasteiger partial charge in [0.05, 0.1) is 11.5 Å². The lowest BCUT2D eigenvalue weighted by Crippen LogP contribution is -2.07. The molecule has 104 valence electrons. The molecule has 0 amide bonds. The number of benzene rings is 1. The minimum Gasteiger partial charge on any atom is -0.486 e. The van der Waals surface area contributed by atoms with E-state index in [1.807, 2.05) is 17.5 Å². The largest absolute Gasteiger partial charge is 0.486 e. The molecule has 0 aliphatic rings. The summed E-state index contributed by atoms with van der Waals surface area (Å²) in [7, 11) is 0. The van der Waals surface area contributed by atoms with Crippen molar-refractivity contribution in [1.29, 1.82) is 0 Å². The Morgan fingerprint density at radius 3 is 2.75 bits per heavy atom. The third kappa shape index (κ3) is 3.12. The van der Waals surface area contributed by atoms with Gasteiger partial charge in [0.25, 0.3) is 0 Å². The molecular formula is C13H11NO5S. The molecule has 20 heavy (non-hydrogen) atoms. The van der Waals surface area contributed by atoms with Gasteiger partial charge < -0.3 is 9.84 Å². The second-order valence-corrected chi connectivity index (χ2v) is 4.92. The monoisotopic (exact) mass is 293 g/mol. The number of nitrogens with zero attached hydrogens (tertiary/aromatic N) is 1. The molecule has 0 fully saturated rings. The van der Waals surface area contributed by atoms with Crippen LogP contribution >= 0.6 is 11.3 Å². The Kier molecular flexibility index (Phi) is 4.31. The standard InChI is InChI=1S/C13H11NO5S/c15-13(16)10-4-1-5-11(12(10)14(17)18)19-7-6-9-3-2-8-20-9/h1-5,8H,6-7H2,(H,15,16). The maximum atomic E-state index is 11.0. The summed E-state index contributed by atoms with van der Waals surface area (Å²) >= 11 is 1.57. The number of hydrogen-bond donors (Lipinski definition) is 1. The molecule has 2 aromatic rings. The Hall–Kier alpha value is -2.41. The van der Waals surface area contributed by atoms with E-state index >= 15 is 0 Å². The van der Waals surface area contributed by atoms with Gasteiger partial charge in [0.2, 0.25) is 0 Å². The number of carbonyl (C=O) groups is 1. The van der Waals surface area contributed by atoms with Crippen molar-refractivity contribution in [2.75, 3.05) is 6.61 Å². The predicted octanol–water partition coefficient (Wildman–Crippen LogP) is 2.98. The summed E-state index contributed by atoms with van der Waals surface area (Å²) in [5.41, 5.74) is -0.880. The molecule has 1 heterocycles. The van der Waals surface area contributed by atoms with Crippen LogP contribution in [0.25, 0.3) is 0 Å². The third-order valence-electron chi connectivity index (χ3n) is 2.60. The quantitative estimate of drug-likeness (QED) is 0.653. The Morgan fingerprint density at radius 2 is 2.15 bits per heavy atom. The molecule has 0 radical (unpaired) electrons. The molecule has 2 rings (SSSR count). The maximum absolute atomic E-state index is 11.0. The van der Waals surface area contributed by atoms with Crippen LogP contribution in [0, 0.1) is 10.1 Å². The van der Waals surface area contributed by atoms with Gasteiger partial charge in [-0.2, -0.15) is 0 Å². The second-order valence-electron chi connectivity index (χ2n) is 3.89. The van der Waals surface area contributed by atoms with E-state index in [0.29, 0.717) is 6.42 Å². The molecule has 0 unspecified atom stereocenters. The van der Waals surface area contributed by atoms with Crippen molar-refractivity contribution in [2.24, 2.45) is 0 Å². The van der Waals surface area contributed by atoms with E-state index < -0.39 is 16.6 Å². The van der Waals surface area contributed by atoms with Crippen molar-refractivity contribution in [3.63, 3.8) is 0 Å². The Morgan fingerprint density at radius 1 is 1.35 bits per heavy atom. The fourth-order valence-corrected chi connectivity index (χ4v) is 2.41. The smallest absolute Gasteiger partial charge is 0.342 e. The number of nitro benzene ring substituents is 1. The van der Waals surface area contributed by atoms with Crippen LogP contribution in [0.15, 0.2) is 35.7 Å². The summed E-state index contributed by atoms with van der Waals surface area (Å²) in [6, 6.07) is 7.87. The highest BCUT2D eigenvalue weighted by molar-refractivity contribution is 7.09. The SMILES string of the molecule is O=C(O)c1cccc(OCCc2cccs2)c1[N+](=O)[O-]. The number of aromatic carboxylic acids is 1. The van der Waals surface area contributed by atoms with Crippen LogP contribution in [0.1, 0.15) is 15.2 Å². The van der Waals surface area contributed by atoms with Gasteiger partial charge in [-0.3, -0.25) is 10.1 Å². The minimum absolute atomic E-state index is 0.0218. The fraction of sp³-hybridized carbons (Fsp3) is 0.154. The van der Waals surface area contributed by atoms with Gasteiger partial charge in [-0.1, -0.05) is 12.1 Å². The first-order valence-electron chi connectivity index (χ1n) is 5.75. The Labute approximate surface area is 118 Å².